The lowest BCUT2D eigenvalue weighted by molar-refractivity contribution is -0.384. The molecule has 0 unspecified atom stereocenters. The molecule has 0 saturated heterocycles. The molecule has 0 aliphatic rings. The average molecular weight is 219 g/mol. The van der Waals surface area contributed by atoms with Crippen LogP contribution >= 0.6 is 0 Å². The zero-order valence-electron chi connectivity index (χ0n) is 9.44. The summed E-state index contributed by atoms with van der Waals surface area (Å²) < 4.78 is 0. The fourth-order valence-electron chi connectivity index (χ4n) is 1.20. The summed E-state index contributed by atoms with van der Waals surface area (Å²) in [5.74, 6) is 2.70. The molecule has 0 spiro atoms. The maximum absolute atomic E-state index is 10.9. The second-order valence-electron chi connectivity index (χ2n) is 3.98. The minimum atomic E-state index is -0.675. The highest BCUT2D eigenvalue weighted by Crippen LogP contribution is 2.27. The van der Waals surface area contributed by atoms with Crippen LogP contribution in [0, 0.1) is 29.4 Å². The van der Waals surface area contributed by atoms with Crippen LogP contribution in [0.3, 0.4) is 0 Å². The number of hydrogen-bond acceptors (Lipinski definition) is 4. The highest BCUT2D eigenvalue weighted by atomic mass is 16.6. The van der Waals surface area contributed by atoms with Gasteiger partial charge in [-0.2, -0.15) is 0 Å². The van der Waals surface area contributed by atoms with E-state index >= 15 is 0 Å². The van der Waals surface area contributed by atoms with E-state index in [2.05, 4.69) is 16.2 Å². The van der Waals surface area contributed by atoms with Gasteiger partial charge in [0.1, 0.15) is 0 Å². The number of pyridine rings is 1. The van der Waals surface area contributed by atoms with Crippen LogP contribution in [-0.2, 0) is 0 Å². The topological polar surface area (TPSA) is 68.1 Å². The number of nitro groups is 1. The lowest BCUT2D eigenvalue weighted by atomic mass is 10.1. The number of aromatic nitrogens is 1. The Hall–Kier alpha value is -2.09. The summed E-state index contributed by atoms with van der Waals surface area (Å²) >= 11 is 0. The zero-order chi connectivity index (χ0) is 12.3. The Morgan fingerprint density at radius 1 is 1.62 bits per heavy atom. The molecule has 5 nitrogen and oxygen atoms in total. The summed E-state index contributed by atoms with van der Waals surface area (Å²) in [6.07, 6.45) is 6.82. The van der Waals surface area contributed by atoms with Gasteiger partial charge < -0.3 is 5.32 Å². The van der Waals surface area contributed by atoms with E-state index < -0.39 is 10.5 Å². The second kappa shape index (κ2) is 4.19. The zero-order valence-corrected chi connectivity index (χ0v) is 9.44. The molecule has 0 atom stereocenters. The number of nitrogens with one attached hydrogen (secondary N) is 1. The first-order chi connectivity index (χ1) is 7.37. The Morgan fingerprint density at radius 3 is 2.75 bits per heavy atom. The molecule has 1 aromatic rings. The van der Waals surface area contributed by atoms with Crippen molar-refractivity contribution in [3.63, 3.8) is 0 Å². The number of rotatable bonds is 3. The van der Waals surface area contributed by atoms with Gasteiger partial charge in [-0.05, 0) is 26.8 Å². The van der Waals surface area contributed by atoms with Crippen molar-refractivity contribution in [3.05, 3.63) is 27.9 Å². The lowest BCUT2D eigenvalue weighted by Crippen LogP contribution is -2.29. The molecule has 1 aromatic heterocycles. The van der Waals surface area contributed by atoms with Crippen LogP contribution in [0.2, 0.25) is 0 Å². The summed E-state index contributed by atoms with van der Waals surface area (Å²) in [5, 5.41) is 13.8. The minimum absolute atomic E-state index is 0.0363. The molecule has 1 heterocycles. The van der Waals surface area contributed by atoms with Crippen molar-refractivity contribution in [1.29, 1.82) is 0 Å². The van der Waals surface area contributed by atoms with Crippen molar-refractivity contribution in [2.75, 3.05) is 5.32 Å². The third kappa shape index (κ3) is 2.48. The van der Waals surface area contributed by atoms with Gasteiger partial charge >= 0.3 is 5.69 Å². The molecular formula is C11H13N3O2. The first kappa shape index (κ1) is 12.0. The number of terminal acetylenes is 1. The van der Waals surface area contributed by atoms with Crippen LogP contribution in [0.1, 0.15) is 19.4 Å². The van der Waals surface area contributed by atoms with Gasteiger partial charge in [0.25, 0.3) is 0 Å². The molecule has 16 heavy (non-hydrogen) atoms. The summed E-state index contributed by atoms with van der Waals surface area (Å²) in [6.45, 7) is 5.16. The van der Waals surface area contributed by atoms with Gasteiger partial charge in [0.2, 0.25) is 5.82 Å². The third-order valence-corrected chi connectivity index (χ3v) is 2.10. The average Bonchev–Trinajstić information content (AvgIpc) is 2.16. The molecule has 1 N–H and O–H groups in total. The number of nitrogens with zero attached hydrogens (tertiary/aromatic N) is 2. The van der Waals surface area contributed by atoms with Crippen molar-refractivity contribution < 1.29 is 4.92 Å². The van der Waals surface area contributed by atoms with Crippen LogP contribution in [0.4, 0.5) is 11.5 Å². The first-order valence-electron chi connectivity index (χ1n) is 4.73. The van der Waals surface area contributed by atoms with Crippen LogP contribution in [0.5, 0.6) is 0 Å². The van der Waals surface area contributed by atoms with Crippen LogP contribution in [0.15, 0.2) is 12.3 Å². The van der Waals surface area contributed by atoms with Crippen LogP contribution in [0.25, 0.3) is 0 Å². The predicted molar refractivity (Wildman–Crippen MR) is 62.2 cm³/mol. The van der Waals surface area contributed by atoms with E-state index in [1.165, 1.54) is 6.20 Å². The standard InChI is InChI=1S/C11H13N3O2/c1-5-11(3,4)13-10-9(14(15)16)8(2)6-7-12-10/h1,6-7H,2-4H3,(H,12,13). The molecule has 0 aromatic carbocycles. The highest BCUT2D eigenvalue weighted by molar-refractivity contribution is 5.61. The fourth-order valence-corrected chi connectivity index (χ4v) is 1.20. The normalized spacial score (nSPS) is 10.6. The smallest absolute Gasteiger partial charge is 0.314 e. The fraction of sp³-hybridized carbons (Fsp3) is 0.364. The van der Waals surface area contributed by atoms with Crippen LogP contribution in [-0.4, -0.2) is 15.4 Å². The van der Waals surface area contributed by atoms with Gasteiger partial charge in [0.15, 0.2) is 0 Å². The maximum atomic E-state index is 10.9. The molecular weight excluding hydrogens is 206 g/mol. The van der Waals surface area contributed by atoms with Gasteiger partial charge in [0, 0.05) is 11.8 Å². The lowest BCUT2D eigenvalue weighted by Gasteiger charge is -2.20. The van der Waals surface area contributed by atoms with Gasteiger partial charge in [-0.15, -0.1) is 6.42 Å². The van der Waals surface area contributed by atoms with Gasteiger partial charge in [-0.3, -0.25) is 10.1 Å². The van der Waals surface area contributed by atoms with Gasteiger partial charge in [-0.1, -0.05) is 5.92 Å². The van der Waals surface area contributed by atoms with Gasteiger partial charge in [0.05, 0.1) is 10.5 Å². The minimum Gasteiger partial charge on any atom is -0.349 e. The predicted octanol–water partition coefficient (Wildman–Crippen LogP) is 2.12. The quantitative estimate of drug-likeness (QED) is 0.480. The third-order valence-electron chi connectivity index (χ3n) is 2.10. The van der Waals surface area contributed by atoms with E-state index in [0.29, 0.717) is 5.56 Å². The Kier molecular flexibility index (Phi) is 3.14. The molecule has 0 aliphatic heterocycles. The number of anilines is 1. The van der Waals surface area contributed by atoms with Gasteiger partial charge in [-0.25, -0.2) is 4.98 Å². The van der Waals surface area contributed by atoms with E-state index in [4.69, 9.17) is 6.42 Å². The molecule has 1 rings (SSSR count). The molecule has 0 saturated carbocycles. The summed E-state index contributed by atoms with van der Waals surface area (Å²) in [6, 6.07) is 1.59. The van der Waals surface area contributed by atoms with E-state index in [1.807, 2.05) is 0 Å². The van der Waals surface area contributed by atoms with Crippen molar-refractivity contribution in [3.8, 4) is 12.3 Å². The molecule has 0 bridgehead atoms. The van der Waals surface area contributed by atoms with Crippen molar-refractivity contribution in [2.45, 2.75) is 26.3 Å². The van der Waals surface area contributed by atoms with E-state index in [-0.39, 0.29) is 11.5 Å². The largest absolute Gasteiger partial charge is 0.349 e. The monoisotopic (exact) mass is 219 g/mol. The van der Waals surface area contributed by atoms with Crippen molar-refractivity contribution in [1.82, 2.24) is 4.98 Å². The first-order valence-corrected chi connectivity index (χ1v) is 4.73. The molecule has 5 heteroatoms. The SMILES string of the molecule is C#CC(C)(C)Nc1nccc(C)c1[N+](=O)[O-]. The van der Waals surface area contributed by atoms with E-state index in [1.54, 1.807) is 26.8 Å². The molecule has 0 radical (unpaired) electrons. The number of aryl methyl sites for hydroxylation is 1. The van der Waals surface area contributed by atoms with Crippen molar-refractivity contribution >= 4 is 11.5 Å². The van der Waals surface area contributed by atoms with Crippen LogP contribution < -0.4 is 5.32 Å². The van der Waals surface area contributed by atoms with E-state index in [9.17, 15) is 10.1 Å². The molecule has 0 aliphatic carbocycles. The molecule has 0 fully saturated rings. The summed E-state index contributed by atoms with van der Waals surface area (Å²) in [7, 11) is 0. The maximum Gasteiger partial charge on any atom is 0.314 e. The highest BCUT2D eigenvalue weighted by Gasteiger charge is 2.23. The Morgan fingerprint density at radius 2 is 2.25 bits per heavy atom. The Bertz CT molecular complexity index is 461. The van der Waals surface area contributed by atoms with Crippen molar-refractivity contribution in [2.24, 2.45) is 0 Å². The number of hydrogen-bond donors (Lipinski definition) is 1. The summed E-state index contributed by atoms with van der Waals surface area (Å²) in [5.41, 5.74) is -0.160. The van der Waals surface area contributed by atoms with E-state index in [0.717, 1.165) is 0 Å². The Labute approximate surface area is 94.0 Å². The molecule has 84 valence electrons. The Balaban J connectivity index is 3.21. The summed E-state index contributed by atoms with van der Waals surface area (Å²) in [4.78, 5) is 14.4. The molecule has 0 amide bonds. The second-order valence-corrected chi connectivity index (χ2v) is 3.98.